The first-order valence-corrected chi connectivity index (χ1v) is 10.2. The van der Waals surface area contributed by atoms with Gasteiger partial charge >= 0.3 is 11.7 Å². The number of rotatable bonds is 6. The number of nitrogens with one attached hydrogen (secondary N) is 2. The van der Waals surface area contributed by atoms with Crippen molar-refractivity contribution in [2.75, 3.05) is 7.11 Å². The number of aromatic amines is 2. The molecule has 2 aromatic carbocycles. The first kappa shape index (κ1) is 21.8. The monoisotopic (exact) mass is 446 g/mol. The number of ether oxygens (including phenoxy) is 1. The molecule has 2 aromatic heterocycles. The van der Waals surface area contributed by atoms with Gasteiger partial charge in [0.05, 0.1) is 18.5 Å². The summed E-state index contributed by atoms with van der Waals surface area (Å²) in [7, 11) is 1.26. The minimum absolute atomic E-state index is 0.0914. The molecule has 0 saturated carbocycles. The fourth-order valence-electron chi connectivity index (χ4n) is 3.79. The van der Waals surface area contributed by atoms with Crippen molar-refractivity contribution in [1.29, 1.82) is 0 Å². The Morgan fingerprint density at radius 1 is 1.12 bits per heavy atom. The second-order valence-electron chi connectivity index (χ2n) is 7.45. The van der Waals surface area contributed by atoms with E-state index in [0.717, 1.165) is 21.0 Å². The smallest absolute Gasteiger partial charge is 0.335 e. The number of nitrogens with zero attached hydrogens (tertiary/aromatic N) is 2. The molecule has 0 amide bonds. The number of aliphatic imine (C=N–C) groups is 1. The van der Waals surface area contributed by atoms with Gasteiger partial charge in [-0.3, -0.25) is 14.8 Å². The molecular weight excluding hydrogens is 424 g/mol. The van der Waals surface area contributed by atoms with Crippen LogP contribution in [0.4, 0.5) is 0 Å². The van der Waals surface area contributed by atoms with Gasteiger partial charge in [0, 0.05) is 23.5 Å². The van der Waals surface area contributed by atoms with Crippen LogP contribution in [0.1, 0.15) is 18.1 Å². The summed E-state index contributed by atoms with van der Waals surface area (Å²) in [4.78, 5) is 47.2. The Hall–Kier alpha value is -4.40. The third kappa shape index (κ3) is 4.20. The molecule has 1 unspecified atom stereocenters. The fraction of sp³-hybridized carbons (Fsp3) is 0.167. The predicted octanol–water partition coefficient (Wildman–Crippen LogP) is 2.31. The molecule has 9 heteroatoms. The average molecular weight is 446 g/mol. The average Bonchev–Trinajstić information content (AvgIpc) is 3.21. The maximum absolute atomic E-state index is 12.6. The highest BCUT2D eigenvalue weighted by molar-refractivity contribution is 6.01. The zero-order valence-electron chi connectivity index (χ0n) is 18.0. The second-order valence-corrected chi connectivity index (χ2v) is 7.45. The number of benzene rings is 2. The van der Waals surface area contributed by atoms with Crippen molar-refractivity contribution >= 4 is 22.6 Å². The van der Waals surface area contributed by atoms with Crippen LogP contribution in [0.3, 0.4) is 0 Å². The fourth-order valence-corrected chi connectivity index (χ4v) is 3.79. The highest BCUT2D eigenvalue weighted by Gasteiger charge is 2.24. The van der Waals surface area contributed by atoms with E-state index >= 15 is 0 Å². The Labute approximate surface area is 188 Å². The molecule has 2 heterocycles. The molecular formula is C24H22N4O5. The predicted molar refractivity (Wildman–Crippen MR) is 124 cm³/mol. The quantitative estimate of drug-likeness (QED) is 0.309. The molecule has 0 spiro atoms. The summed E-state index contributed by atoms with van der Waals surface area (Å²) in [5, 5.41) is 11.8. The van der Waals surface area contributed by atoms with Gasteiger partial charge in [-0.2, -0.15) is 0 Å². The van der Waals surface area contributed by atoms with Gasteiger partial charge in [-0.05, 0) is 30.7 Å². The summed E-state index contributed by atoms with van der Waals surface area (Å²) >= 11 is 0. The summed E-state index contributed by atoms with van der Waals surface area (Å²) < 4.78 is 5.90. The number of aromatic nitrogens is 3. The summed E-state index contributed by atoms with van der Waals surface area (Å²) in [5.41, 5.74) is 0.435. The number of fused-ring (bicyclic) bond motifs is 1. The number of hydrogen-bond donors (Lipinski definition) is 3. The van der Waals surface area contributed by atoms with E-state index in [0.29, 0.717) is 5.69 Å². The largest absolute Gasteiger partial charge is 0.493 e. The third-order valence-electron chi connectivity index (χ3n) is 5.37. The standard InChI is InChI=1S/C24H22N4O5/c1-14(20-21(29)27-24(32)28(22(20)30)16-8-4-3-5-9-16)26-19(23(31)33-2)12-15-13-25-18-11-7-6-10-17(15)18/h3-11,13,19,25,30H,12H2,1-2H3,(H,27,29,32). The highest BCUT2D eigenvalue weighted by atomic mass is 16.5. The minimum atomic E-state index is -0.967. The normalized spacial score (nSPS) is 12.6. The number of hydrogen-bond acceptors (Lipinski definition) is 6. The Morgan fingerprint density at radius 3 is 2.55 bits per heavy atom. The van der Waals surface area contributed by atoms with Crippen molar-refractivity contribution in [2.45, 2.75) is 19.4 Å². The van der Waals surface area contributed by atoms with Crippen LogP contribution in [-0.2, 0) is 16.0 Å². The SMILES string of the molecule is COC(=O)C(Cc1c[nH]c2ccccc12)N=C(C)c1c(O)n(-c2ccccc2)c(=O)[nH]c1=O. The molecule has 0 aliphatic rings. The van der Waals surface area contributed by atoms with E-state index in [2.05, 4.69) is 15.0 Å². The van der Waals surface area contributed by atoms with Gasteiger partial charge < -0.3 is 14.8 Å². The Kier molecular flexibility index (Phi) is 5.95. The summed E-state index contributed by atoms with van der Waals surface area (Å²) in [6, 6.07) is 15.1. The number of esters is 1. The van der Waals surface area contributed by atoms with Crippen LogP contribution in [0.2, 0.25) is 0 Å². The van der Waals surface area contributed by atoms with Crippen molar-refractivity contribution in [1.82, 2.24) is 14.5 Å². The number of methoxy groups -OCH3 is 1. The van der Waals surface area contributed by atoms with Gasteiger partial charge in [0.25, 0.3) is 5.56 Å². The van der Waals surface area contributed by atoms with E-state index in [4.69, 9.17) is 4.74 Å². The number of H-pyrrole nitrogens is 2. The Bertz CT molecular complexity index is 1460. The minimum Gasteiger partial charge on any atom is -0.493 e. The molecule has 0 bridgehead atoms. The summed E-state index contributed by atoms with van der Waals surface area (Å²) in [6.45, 7) is 1.50. The molecule has 0 fully saturated rings. The lowest BCUT2D eigenvalue weighted by Gasteiger charge is -2.14. The van der Waals surface area contributed by atoms with Crippen molar-refractivity contribution in [3.63, 3.8) is 0 Å². The molecule has 168 valence electrons. The van der Waals surface area contributed by atoms with E-state index in [1.165, 1.54) is 14.0 Å². The lowest BCUT2D eigenvalue weighted by atomic mass is 10.0. The molecule has 0 aliphatic heterocycles. The Morgan fingerprint density at radius 2 is 1.82 bits per heavy atom. The topological polar surface area (TPSA) is 130 Å². The molecule has 33 heavy (non-hydrogen) atoms. The zero-order valence-corrected chi connectivity index (χ0v) is 18.0. The zero-order chi connectivity index (χ0) is 23.5. The second kappa shape index (κ2) is 8.99. The van der Waals surface area contributed by atoms with Crippen molar-refractivity contribution in [3.05, 3.63) is 92.8 Å². The molecule has 4 rings (SSSR count). The maximum Gasteiger partial charge on any atom is 0.335 e. The summed E-state index contributed by atoms with van der Waals surface area (Å²) in [6.07, 6.45) is 2.01. The van der Waals surface area contributed by atoms with Crippen LogP contribution in [0.25, 0.3) is 16.6 Å². The van der Waals surface area contributed by atoms with Gasteiger partial charge in [0.2, 0.25) is 5.88 Å². The number of carbonyl (C=O) groups excluding carboxylic acids is 1. The van der Waals surface area contributed by atoms with Gasteiger partial charge in [-0.15, -0.1) is 0 Å². The first-order chi connectivity index (χ1) is 15.9. The van der Waals surface area contributed by atoms with Crippen LogP contribution in [0.15, 0.2) is 75.4 Å². The lowest BCUT2D eigenvalue weighted by Crippen LogP contribution is -2.33. The molecule has 1 atom stereocenters. The van der Waals surface area contributed by atoms with Crippen LogP contribution >= 0.6 is 0 Å². The maximum atomic E-state index is 12.6. The molecule has 0 radical (unpaired) electrons. The highest BCUT2D eigenvalue weighted by Crippen LogP contribution is 2.22. The summed E-state index contributed by atoms with van der Waals surface area (Å²) in [5.74, 6) is -1.15. The Balaban J connectivity index is 1.79. The van der Waals surface area contributed by atoms with Crippen molar-refractivity contribution in [2.24, 2.45) is 4.99 Å². The number of aromatic hydroxyl groups is 1. The molecule has 3 N–H and O–H groups in total. The van der Waals surface area contributed by atoms with Crippen LogP contribution in [0, 0.1) is 0 Å². The van der Waals surface area contributed by atoms with E-state index in [1.807, 2.05) is 24.3 Å². The van der Waals surface area contributed by atoms with E-state index < -0.39 is 29.1 Å². The van der Waals surface area contributed by atoms with Gasteiger partial charge in [-0.25, -0.2) is 14.2 Å². The van der Waals surface area contributed by atoms with Crippen molar-refractivity contribution < 1.29 is 14.6 Å². The number of para-hydroxylation sites is 2. The molecule has 9 nitrogen and oxygen atoms in total. The van der Waals surface area contributed by atoms with Gasteiger partial charge in [-0.1, -0.05) is 36.4 Å². The molecule has 0 saturated heterocycles. The lowest BCUT2D eigenvalue weighted by molar-refractivity contribution is -0.142. The van der Waals surface area contributed by atoms with Gasteiger partial charge in [0.1, 0.15) is 5.56 Å². The van der Waals surface area contributed by atoms with Crippen LogP contribution in [-0.4, -0.2) is 44.5 Å². The first-order valence-electron chi connectivity index (χ1n) is 10.2. The molecule has 4 aromatic rings. The van der Waals surface area contributed by atoms with Crippen molar-refractivity contribution in [3.8, 4) is 11.6 Å². The van der Waals surface area contributed by atoms with E-state index in [9.17, 15) is 19.5 Å². The number of carbonyl (C=O) groups is 1. The molecule has 0 aliphatic carbocycles. The van der Waals surface area contributed by atoms with Gasteiger partial charge in [0.15, 0.2) is 6.04 Å². The third-order valence-corrected chi connectivity index (χ3v) is 5.37. The van der Waals surface area contributed by atoms with Crippen LogP contribution < -0.4 is 11.2 Å². The van der Waals surface area contributed by atoms with E-state index in [-0.39, 0.29) is 17.7 Å². The van der Waals surface area contributed by atoms with E-state index in [1.54, 1.807) is 36.5 Å². The van der Waals surface area contributed by atoms with Crippen LogP contribution in [0.5, 0.6) is 5.88 Å².